The van der Waals surface area contributed by atoms with E-state index < -0.39 is 15.8 Å². The third kappa shape index (κ3) is 3.31. The number of carboxylic acids is 1. The average molecular weight is 309 g/mol. The van der Waals surface area contributed by atoms with Gasteiger partial charge in [0.25, 0.3) is 0 Å². The SMILES string of the molecule is CS(=O)(=O)c1ccc(C(=Cc2nccs2)C(=O)O)cc1. The van der Waals surface area contributed by atoms with Crippen molar-refractivity contribution in [2.45, 2.75) is 4.90 Å². The Hall–Kier alpha value is -1.99. The van der Waals surface area contributed by atoms with Gasteiger partial charge in [-0.2, -0.15) is 0 Å². The van der Waals surface area contributed by atoms with Crippen LogP contribution in [-0.2, 0) is 14.6 Å². The minimum atomic E-state index is -3.29. The fourth-order valence-electron chi connectivity index (χ4n) is 1.58. The second-order valence-electron chi connectivity index (χ2n) is 4.03. The molecule has 0 aliphatic carbocycles. The number of carboxylic acid groups (broad SMARTS) is 1. The Kier molecular flexibility index (Phi) is 4.01. The number of sulfone groups is 1. The summed E-state index contributed by atoms with van der Waals surface area (Å²) in [6, 6.07) is 5.74. The zero-order valence-electron chi connectivity index (χ0n) is 10.5. The average Bonchev–Trinajstić information content (AvgIpc) is 2.87. The number of benzene rings is 1. The van der Waals surface area contributed by atoms with Crippen molar-refractivity contribution >= 4 is 38.8 Å². The molecule has 0 saturated heterocycles. The third-order valence-corrected chi connectivity index (χ3v) is 4.39. The van der Waals surface area contributed by atoms with Crippen molar-refractivity contribution in [2.75, 3.05) is 6.26 Å². The fraction of sp³-hybridized carbons (Fsp3) is 0.0769. The van der Waals surface area contributed by atoms with Gasteiger partial charge in [0.05, 0.1) is 10.5 Å². The van der Waals surface area contributed by atoms with E-state index in [0.29, 0.717) is 10.6 Å². The summed E-state index contributed by atoms with van der Waals surface area (Å²) in [7, 11) is -3.29. The standard InChI is InChI=1S/C13H11NO4S2/c1-20(17,18)10-4-2-9(3-5-10)11(13(15)16)8-12-14-6-7-19-12/h2-8H,1H3,(H,15,16). The molecule has 7 heteroatoms. The van der Waals surface area contributed by atoms with Gasteiger partial charge in [-0.25, -0.2) is 18.2 Å². The van der Waals surface area contributed by atoms with E-state index in [1.54, 1.807) is 11.6 Å². The number of nitrogens with zero attached hydrogens (tertiary/aromatic N) is 1. The summed E-state index contributed by atoms with van der Waals surface area (Å²) in [6.45, 7) is 0. The summed E-state index contributed by atoms with van der Waals surface area (Å²) < 4.78 is 22.7. The predicted molar refractivity (Wildman–Crippen MR) is 77.2 cm³/mol. The minimum absolute atomic E-state index is 0.0694. The van der Waals surface area contributed by atoms with Crippen molar-refractivity contribution in [2.24, 2.45) is 0 Å². The molecule has 1 aromatic heterocycles. The van der Waals surface area contributed by atoms with Gasteiger partial charge in [0.2, 0.25) is 0 Å². The topological polar surface area (TPSA) is 84.3 Å². The van der Waals surface area contributed by atoms with Crippen molar-refractivity contribution in [3.8, 4) is 0 Å². The van der Waals surface area contributed by atoms with Crippen LogP contribution in [0.4, 0.5) is 0 Å². The highest BCUT2D eigenvalue weighted by Gasteiger charge is 2.13. The highest BCUT2D eigenvalue weighted by molar-refractivity contribution is 7.90. The smallest absolute Gasteiger partial charge is 0.336 e. The van der Waals surface area contributed by atoms with E-state index in [1.807, 2.05) is 0 Å². The Morgan fingerprint density at radius 1 is 1.30 bits per heavy atom. The lowest BCUT2D eigenvalue weighted by Gasteiger charge is -2.04. The highest BCUT2D eigenvalue weighted by atomic mass is 32.2. The van der Waals surface area contributed by atoms with E-state index in [4.69, 9.17) is 0 Å². The van der Waals surface area contributed by atoms with Crippen LogP contribution in [0.5, 0.6) is 0 Å². The Bertz CT molecular complexity index is 744. The second kappa shape index (κ2) is 5.56. The molecule has 0 radical (unpaired) electrons. The molecule has 0 amide bonds. The summed E-state index contributed by atoms with van der Waals surface area (Å²) in [5.74, 6) is -1.09. The first kappa shape index (κ1) is 14.4. The van der Waals surface area contributed by atoms with Gasteiger partial charge in [-0.3, -0.25) is 0 Å². The van der Waals surface area contributed by atoms with Crippen molar-refractivity contribution in [1.82, 2.24) is 4.98 Å². The number of carbonyl (C=O) groups is 1. The quantitative estimate of drug-likeness (QED) is 0.875. The monoisotopic (exact) mass is 309 g/mol. The number of hydrogen-bond donors (Lipinski definition) is 1. The molecule has 0 bridgehead atoms. The van der Waals surface area contributed by atoms with E-state index in [-0.39, 0.29) is 10.5 Å². The van der Waals surface area contributed by atoms with Crippen LogP contribution in [0.2, 0.25) is 0 Å². The first-order chi connectivity index (χ1) is 9.38. The van der Waals surface area contributed by atoms with Crippen molar-refractivity contribution in [1.29, 1.82) is 0 Å². The molecule has 0 atom stereocenters. The number of thiazole rings is 1. The Morgan fingerprint density at radius 3 is 2.40 bits per heavy atom. The Morgan fingerprint density at radius 2 is 1.95 bits per heavy atom. The molecule has 1 N–H and O–H groups in total. The maximum atomic E-state index is 11.4. The summed E-state index contributed by atoms with van der Waals surface area (Å²) in [5, 5.41) is 11.6. The molecular formula is C13H11NO4S2. The molecule has 0 fully saturated rings. The summed E-state index contributed by atoms with van der Waals surface area (Å²) >= 11 is 1.32. The molecule has 2 aromatic rings. The van der Waals surface area contributed by atoms with Crippen molar-refractivity contribution in [3.63, 3.8) is 0 Å². The maximum Gasteiger partial charge on any atom is 0.336 e. The van der Waals surface area contributed by atoms with Gasteiger partial charge in [0.15, 0.2) is 9.84 Å². The third-order valence-electron chi connectivity index (χ3n) is 2.54. The lowest BCUT2D eigenvalue weighted by Crippen LogP contribution is -2.01. The lowest BCUT2D eigenvalue weighted by atomic mass is 10.1. The summed E-state index contributed by atoms with van der Waals surface area (Å²) in [6.07, 6.45) is 4.15. The summed E-state index contributed by atoms with van der Waals surface area (Å²) in [4.78, 5) is 15.5. The van der Waals surface area contributed by atoms with E-state index in [1.165, 1.54) is 41.7 Å². The molecule has 0 aliphatic rings. The fourth-order valence-corrected chi connectivity index (χ4v) is 2.78. The normalized spacial score (nSPS) is 12.3. The molecule has 1 heterocycles. The van der Waals surface area contributed by atoms with E-state index in [0.717, 1.165) is 6.26 Å². The lowest BCUT2D eigenvalue weighted by molar-refractivity contribution is -0.130. The van der Waals surface area contributed by atoms with Crippen LogP contribution in [0.25, 0.3) is 11.6 Å². The molecular weight excluding hydrogens is 298 g/mol. The highest BCUT2D eigenvalue weighted by Crippen LogP contribution is 2.21. The van der Waals surface area contributed by atoms with Crippen LogP contribution in [0.1, 0.15) is 10.6 Å². The van der Waals surface area contributed by atoms with Gasteiger partial charge >= 0.3 is 5.97 Å². The van der Waals surface area contributed by atoms with Gasteiger partial charge in [-0.1, -0.05) is 12.1 Å². The van der Waals surface area contributed by atoms with Crippen LogP contribution in [0.3, 0.4) is 0 Å². The predicted octanol–water partition coefficient (Wildman–Crippen LogP) is 2.17. The van der Waals surface area contributed by atoms with E-state index in [2.05, 4.69) is 4.98 Å². The number of aliphatic carboxylic acids is 1. The van der Waals surface area contributed by atoms with Crippen molar-refractivity contribution < 1.29 is 18.3 Å². The largest absolute Gasteiger partial charge is 0.478 e. The number of hydrogen-bond acceptors (Lipinski definition) is 5. The van der Waals surface area contributed by atoms with Crippen LogP contribution in [0.15, 0.2) is 40.7 Å². The molecule has 0 unspecified atom stereocenters. The van der Waals surface area contributed by atoms with Gasteiger partial charge in [0.1, 0.15) is 5.01 Å². The van der Waals surface area contributed by atoms with Gasteiger partial charge in [0, 0.05) is 17.8 Å². The van der Waals surface area contributed by atoms with Gasteiger partial charge in [-0.05, 0) is 23.8 Å². The van der Waals surface area contributed by atoms with Gasteiger partial charge < -0.3 is 5.11 Å². The van der Waals surface area contributed by atoms with Crippen LogP contribution in [-0.4, -0.2) is 30.7 Å². The zero-order valence-corrected chi connectivity index (χ0v) is 12.1. The second-order valence-corrected chi connectivity index (χ2v) is 6.97. The molecule has 2 rings (SSSR count). The van der Waals surface area contributed by atoms with Crippen molar-refractivity contribution in [3.05, 3.63) is 46.4 Å². The molecule has 0 saturated carbocycles. The Balaban J connectivity index is 2.44. The molecule has 20 heavy (non-hydrogen) atoms. The van der Waals surface area contributed by atoms with E-state index >= 15 is 0 Å². The maximum absolute atomic E-state index is 11.4. The molecule has 104 valence electrons. The summed E-state index contributed by atoms with van der Waals surface area (Å²) in [5.41, 5.74) is 0.500. The number of rotatable bonds is 4. The minimum Gasteiger partial charge on any atom is -0.478 e. The molecule has 5 nitrogen and oxygen atoms in total. The number of aromatic nitrogens is 1. The van der Waals surface area contributed by atoms with E-state index in [9.17, 15) is 18.3 Å². The van der Waals surface area contributed by atoms with Crippen LogP contribution < -0.4 is 0 Å². The van der Waals surface area contributed by atoms with Gasteiger partial charge in [-0.15, -0.1) is 11.3 Å². The molecule has 1 aromatic carbocycles. The molecule has 0 aliphatic heterocycles. The van der Waals surface area contributed by atoms with Crippen LogP contribution >= 0.6 is 11.3 Å². The Labute approximate surface area is 120 Å². The molecule has 0 spiro atoms. The first-order valence-corrected chi connectivity index (χ1v) is 8.30. The zero-order chi connectivity index (χ0) is 14.8. The first-order valence-electron chi connectivity index (χ1n) is 5.53. The van der Waals surface area contributed by atoms with Crippen LogP contribution in [0, 0.1) is 0 Å².